The molecule has 0 radical (unpaired) electrons. The van der Waals surface area contributed by atoms with Crippen LogP contribution in [0.4, 0.5) is 0 Å². The van der Waals surface area contributed by atoms with Crippen LogP contribution in [-0.2, 0) is 9.68 Å². The van der Waals surface area contributed by atoms with Crippen molar-refractivity contribution >= 4 is 12.4 Å². The molecule has 24 heavy (non-hydrogen) atoms. The fourth-order valence-corrected chi connectivity index (χ4v) is 1.51. The Hall–Kier alpha value is -3.56. The highest BCUT2D eigenvalue weighted by molar-refractivity contribution is 5.80. The second kappa shape index (κ2) is 8.17. The Morgan fingerprint density at radius 1 is 1.04 bits per heavy atom. The summed E-state index contributed by atoms with van der Waals surface area (Å²) in [7, 11) is 0. The molecule has 4 N–H and O–H groups in total. The molecule has 2 aromatic rings. The van der Waals surface area contributed by atoms with E-state index in [-0.39, 0.29) is 30.3 Å². The Labute approximate surface area is 134 Å². The highest BCUT2D eigenvalue weighted by Gasteiger charge is 1.98. The number of benzene rings is 1. The number of hydrogen-bond acceptors (Lipinski definition) is 8. The predicted molar refractivity (Wildman–Crippen MR) is 84.5 cm³/mol. The Kier molecular flexibility index (Phi) is 5.72. The highest BCUT2D eigenvalue weighted by Crippen LogP contribution is 2.23. The summed E-state index contributed by atoms with van der Waals surface area (Å²) >= 11 is 0. The van der Waals surface area contributed by atoms with Gasteiger partial charge in [-0.3, -0.25) is 9.78 Å². The maximum absolute atomic E-state index is 11.3. The van der Waals surface area contributed by atoms with Crippen LogP contribution in [0.25, 0.3) is 0 Å². The molecular formula is C14H14N4O6. The third-order valence-corrected chi connectivity index (χ3v) is 2.66. The lowest BCUT2D eigenvalue weighted by Gasteiger charge is -1.99. The first-order chi connectivity index (χ1) is 11.6. The van der Waals surface area contributed by atoms with Crippen molar-refractivity contribution in [2.75, 3.05) is 13.2 Å². The van der Waals surface area contributed by atoms with Gasteiger partial charge in [0, 0.05) is 6.20 Å². The van der Waals surface area contributed by atoms with Crippen molar-refractivity contribution < 1.29 is 19.9 Å². The van der Waals surface area contributed by atoms with E-state index in [1.165, 1.54) is 24.5 Å². The molecule has 0 saturated carbocycles. The SMILES string of the molecule is O=c1[nH]cc(/C=N/OCCO/N=C/c2ccc(O)c(O)c2)c(=O)[nH]1. The third kappa shape index (κ3) is 5.02. The second-order valence-electron chi connectivity index (χ2n) is 4.41. The zero-order chi connectivity index (χ0) is 17.4. The predicted octanol–water partition coefficient (Wildman–Crippen LogP) is -0.124. The van der Waals surface area contributed by atoms with Gasteiger partial charge >= 0.3 is 5.69 Å². The number of oxime groups is 2. The molecule has 0 aliphatic heterocycles. The first-order valence-corrected chi connectivity index (χ1v) is 6.71. The molecule has 0 saturated heterocycles. The van der Waals surface area contributed by atoms with Gasteiger partial charge in [0.2, 0.25) is 0 Å². The number of aromatic nitrogens is 2. The van der Waals surface area contributed by atoms with E-state index in [0.29, 0.717) is 5.56 Å². The zero-order valence-electron chi connectivity index (χ0n) is 12.3. The molecule has 0 spiro atoms. The summed E-state index contributed by atoms with van der Waals surface area (Å²) in [6.07, 6.45) is 3.71. The summed E-state index contributed by atoms with van der Waals surface area (Å²) in [5, 5.41) is 25.6. The number of H-pyrrole nitrogens is 2. The summed E-state index contributed by atoms with van der Waals surface area (Å²) in [5.74, 6) is -0.477. The molecule has 2 rings (SSSR count). The van der Waals surface area contributed by atoms with Gasteiger partial charge in [-0.15, -0.1) is 0 Å². The number of rotatable bonds is 7. The van der Waals surface area contributed by atoms with Gasteiger partial charge in [-0.2, -0.15) is 0 Å². The lowest BCUT2D eigenvalue weighted by atomic mass is 10.2. The quantitative estimate of drug-likeness (QED) is 0.240. The summed E-state index contributed by atoms with van der Waals surface area (Å²) in [6, 6.07) is 4.20. The van der Waals surface area contributed by atoms with E-state index in [1.807, 2.05) is 4.98 Å². The molecule has 0 bridgehead atoms. The van der Waals surface area contributed by atoms with Gasteiger partial charge < -0.3 is 24.9 Å². The van der Waals surface area contributed by atoms with Gasteiger partial charge in [0.25, 0.3) is 5.56 Å². The average Bonchev–Trinajstić information content (AvgIpc) is 2.55. The van der Waals surface area contributed by atoms with E-state index < -0.39 is 11.2 Å². The van der Waals surface area contributed by atoms with Crippen LogP contribution in [0.1, 0.15) is 11.1 Å². The standard InChI is InChI=1S/C14H14N4O6/c19-11-2-1-9(5-12(11)20)6-16-23-3-4-24-17-8-10-7-15-14(22)18-13(10)21/h1-2,5-8,19-20H,3-4H2,(H2,15,18,21,22)/b16-6+,17-8+. The first-order valence-electron chi connectivity index (χ1n) is 6.71. The number of nitrogens with zero attached hydrogens (tertiary/aromatic N) is 2. The van der Waals surface area contributed by atoms with Crippen LogP contribution in [-0.4, -0.2) is 45.8 Å². The molecule has 1 aromatic heterocycles. The number of phenols is 2. The number of hydrogen-bond donors (Lipinski definition) is 4. The molecule has 10 nitrogen and oxygen atoms in total. The minimum Gasteiger partial charge on any atom is -0.504 e. The summed E-state index contributed by atoms with van der Waals surface area (Å²) in [6.45, 7) is 0.176. The maximum Gasteiger partial charge on any atom is 0.325 e. The molecule has 0 aliphatic carbocycles. The molecule has 0 atom stereocenters. The first kappa shape index (κ1) is 16.8. The van der Waals surface area contributed by atoms with E-state index in [0.717, 1.165) is 6.21 Å². The summed E-state index contributed by atoms with van der Waals surface area (Å²) < 4.78 is 0. The van der Waals surface area contributed by atoms with Gasteiger partial charge in [0.1, 0.15) is 0 Å². The van der Waals surface area contributed by atoms with Crippen LogP contribution in [0.5, 0.6) is 11.5 Å². The highest BCUT2D eigenvalue weighted by atomic mass is 16.7. The van der Waals surface area contributed by atoms with Gasteiger partial charge in [-0.05, 0) is 23.8 Å². The zero-order valence-corrected chi connectivity index (χ0v) is 12.3. The molecule has 10 heteroatoms. The third-order valence-electron chi connectivity index (χ3n) is 2.66. The van der Waals surface area contributed by atoms with Crippen LogP contribution in [0.15, 0.2) is 44.3 Å². The minimum absolute atomic E-state index is 0.0793. The van der Waals surface area contributed by atoms with Gasteiger partial charge in [0.05, 0.1) is 18.0 Å². The van der Waals surface area contributed by atoms with Gasteiger partial charge in [-0.1, -0.05) is 10.3 Å². The minimum atomic E-state index is -0.605. The van der Waals surface area contributed by atoms with Crippen molar-refractivity contribution in [2.24, 2.45) is 10.3 Å². The fourth-order valence-electron chi connectivity index (χ4n) is 1.51. The molecule has 126 valence electrons. The van der Waals surface area contributed by atoms with Crippen LogP contribution in [0.3, 0.4) is 0 Å². The van der Waals surface area contributed by atoms with Crippen LogP contribution in [0, 0.1) is 0 Å². The molecular weight excluding hydrogens is 320 g/mol. The Bertz CT molecular complexity index is 855. The monoisotopic (exact) mass is 334 g/mol. The molecule has 0 unspecified atom stereocenters. The Balaban J connectivity index is 1.70. The number of aromatic hydroxyl groups is 2. The molecule has 0 fully saturated rings. The van der Waals surface area contributed by atoms with E-state index in [4.69, 9.17) is 14.8 Å². The average molecular weight is 334 g/mol. The number of phenolic OH excluding ortho intramolecular Hbond substituents is 2. The topological polar surface area (TPSA) is 149 Å². The lowest BCUT2D eigenvalue weighted by Crippen LogP contribution is -2.24. The summed E-state index contributed by atoms with van der Waals surface area (Å²) in [4.78, 5) is 36.2. The molecule has 0 aliphatic rings. The number of nitrogens with one attached hydrogen (secondary N) is 2. The van der Waals surface area contributed by atoms with Gasteiger partial charge in [-0.25, -0.2) is 4.79 Å². The van der Waals surface area contributed by atoms with Gasteiger partial charge in [0.15, 0.2) is 24.7 Å². The Morgan fingerprint density at radius 3 is 2.42 bits per heavy atom. The lowest BCUT2D eigenvalue weighted by molar-refractivity contribution is 0.0553. The molecule has 1 heterocycles. The normalized spacial score (nSPS) is 11.2. The largest absolute Gasteiger partial charge is 0.504 e. The molecule has 0 amide bonds. The van der Waals surface area contributed by atoms with Crippen molar-refractivity contribution in [3.63, 3.8) is 0 Å². The van der Waals surface area contributed by atoms with E-state index >= 15 is 0 Å². The second-order valence-corrected chi connectivity index (χ2v) is 4.41. The van der Waals surface area contributed by atoms with Crippen molar-refractivity contribution in [3.8, 4) is 11.5 Å². The fraction of sp³-hybridized carbons (Fsp3) is 0.143. The van der Waals surface area contributed by atoms with Crippen LogP contribution in [0.2, 0.25) is 0 Å². The van der Waals surface area contributed by atoms with Crippen LogP contribution < -0.4 is 11.2 Å². The smallest absolute Gasteiger partial charge is 0.325 e. The van der Waals surface area contributed by atoms with E-state index in [2.05, 4.69) is 15.3 Å². The Morgan fingerprint density at radius 2 is 1.75 bits per heavy atom. The van der Waals surface area contributed by atoms with Crippen molar-refractivity contribution in [1.82, 2.24) is 9.97 Å². The van der Waals surface area contributed by atoms with Crippen molar-refractivity contribution in [3.05, 3.63) is 56.4 Å². The summed E-state index contributed by atoms with van der Waals surface area (Å²) in [5.41, 5.74) is -0.502. The van der Waals surface area contributed by atoms with Crippen molar-refractivity contribution in [1.29, 1.82) is 0 Å². The van der Waals surface area contributed by atoms with E-state index in [1.54, 1.807) is 6.07 Å². The van der Waals surface area contributed by atoms with E-state index in [9.17, 15) is 14.7 Å². The van der Waals surface area contributed by atoms with Crippen LogP contribution >= 0.6 is 0 Å². The number of aromatic amines is 2. The maximum atomic E-state index is 11.3. The molecule has 1 aromatic carbocycles. The van der Waals surface area contributed by atoms with Crippen molar-refractivity contribution in [2.45, 2.75) is 0 Å².